The van der Waals surface area contributed by atoms with Crippen molar-refractivity contribution >= 4 is 17.1 Å². The van der Waals surface area contributed by atoms with Crippen molar-refractivity contribution in [1.82, 2.24) is 0 Å². The van der Waals surface area contributed by atoms with E-state index in [9.17, 15) is 0 Å². The first-order chi connectivity index (χ1) is 12.8. The number of hydrogen-bond acceptors (Lipinski definition) is 2. The number of nitrogens with two attached hydrogens (primary N) is 1. The van der Waals surface area contributed by atoms with Gasteiger partial charge >= 0.3 is 0 Å². The van der Waals surface area contributed by atoms with E-state index in [4.69, 9.17) is 18.0 Å². The van der Waals surface area contributed by atoms with Gasteiger partial charge in [0.2, 0.25) is 0 Å². The van der Waals surface area contributed by atoms with E-state index in [2.05, 4.69) is 82.8 Å². The van der Waals surface area contributed by atoms with Crippen LogP contribution in [0.4, 0.5) is 0 Å². The Morgan fingerprint density at radius 1 is 0.815 bits per heavy atom. The Labute approximate surface area is 170 Å². The molecule has 0 aliphatic carbocycles. The van der Waals surface area contributed by atoms with Crippen molar-refractivity contribution in [2.24, 2.45) is 17.6 Å². The van der Waals surface area contributed by atoms with Crippen LogP contribution in [0.5, 0.6) is 0 Å². The zero-order valence-electron chi connectivity index (χ0n) is 17.2. The van der Waals surface area contributed by atoms with Gasteiger partial charge in [0.25, 0.3) is 0 Å². The fourth-order valence-corrected chi connectivity index (χ4v) is 3.09. The molecule has 2 rings (SSSR count). The normalized spacial score (nSPS) is 12.4. The Balaban J connectivity index is 1.95. The van der Waals surface area contributed by atoms with Crippen molar-refractivity contribution in [3.63, 3.8) is 0 Å². The molecule has 0 aliphatic heterocycles. The van der Waals surface area contributed by atoms with Crippen LogP contribution in [0.2, 0.25) is 0 Å². The Morgan fingerprint density at radius 3 is 1.81 bits per heavy atom. The van der Waals surface area contributed by atoms with E-state index in [1.807, 2.05) is 0 Å². The van der Waals surface area contributed by atoms with Crippen LogP contribution < -0.4 is 5.73 Å². The summed E-state index contributed by atoms with van der Waals surface area (Å²) < 4.78 is 0. The predicted octanol–water partition coefficient (Wildman–Crippen LogP) is 6.25. The summed E-state index contributed by atoms with van der Waals surface area (Å²) in [5, 5.41) is 0. The number of benzene rings is 2. The van der Waals surface area contributed by atoms with Crippen molar-refractivity contribution in [3.05, 3.63) is 82.9 Å². The minimum atomic E-state index is 0.00920. The lowest BCUT2D eigenvalue weighted by Gasteiger charge is -2.15. The average molecular weight is 380 g/mol. The van der Waals surface area contributed by atoms with E-state index in [0.717, 1.165) is 24.1 Å². The molecule has 1 unspecified atom stereocenters. The summed E-state index contributed by atoms with van der Waals surface area (Å²) in [6.45, 7) is 12.8. The number of thiocarbonyl (C=S) groups is 1. The summed E-state index contributed by atoms with van der Waals surface area (Å²) in [4.78, 5) is 1.11. The molecule has 0 bridgehead atoms. The molecule has 2 N–H and O–H groups in total. The third-order valence-electron chi connectivity index (χ3n) is 5.16. The summed E-state index contributed by atoms with van der Waals surface area (Å²) in [5.74, 6) is 0.971. The van der Waals surface area contributed by atoms with Crippen LogP contribution in [0.3, 0.4) is 0 Å². The molecule has 0 radical (unpaired) electrons. The zero-order valence-corrected chi connectivity index (χ0v) is 18.0. The van der Waals surface area contributed by atoms with Gasteiger partial charge in [-0.15, -0.1) is 0 Å². The first-order valence-electron chi connectivity index (χ1n) is 9.89. The second-order valence-corrected chi connectivity index (χ2v) is 8.68. The van der Waals surface area contributed by atoms with Crippen LogP contribution in [0.25, 0.3) is 0 Å². The highest BCUT2D eigenvalue weighted by molar-refractivity contribution is 7.80. The lowest BCUT2D eigenvalue weighted by molar-refractivity contribution is 0.720. The third-order valence-corrected chi connectivity index (χ3v) is 5.77. The first-order valence-corrected chi connectivity index (χ1v) is 10.3. The zero-order chi connectivity index (χ0) is 20.0. The van der Waals surface area contributed by atoms with Gasteiger partial charge in [0.1, 0.15) is 0 Å². The van der Waals surface area contributed by atoms with Crippen LogP contribution in [-0.2, 0) is 19.3 Å². The van der Waals surface area contributed by atoms with Gasteiger partial charge in [-0.2, -0.15) is 0 Å². The van der Waals surface area contributed by atoms with Crippen molar-refractivity contribution in [3.8, 4) is 0 Å². The van der Waals surface area contributed by atoms with Gasteiger partial charge in [0, 0.05) is 12.5 Å². The first kappa shape index (κ1) is 21.5. The van der Waals surface area contributed by atoms with E-state index in [1.54, 1.807) is 0 Å². The predicted molar refractivity (Wildman–Crippen MR) is 122 cm³/mol. The fraction of sp³-hybridized carbons (Fsp3) is 0.400. The van der Waals surface area contributed by atoms with E-state index in [1.165, 1.54) is 27.8 Å². The summed E-state index contributed by atoms with van der Waals surface area (Å²) in [5.41, 5.74) is 12.7. The average Bonchev–Trinajstić information content (AvgIpc) is 2.63. The molecule has 0 heterocycles. The summed E-state index contributed by atoms with van der Waals surface area (Å²) in [6, 6.07) is 17.4. The van der Waals surface area contributed by atoms with Crippen LogP contribution in [-0.4, -0.2) is 4.86 Å². The number of hydrogen-bond donors (Lipinski definition) is 1. The molecule has 0 aliphatic rings. The molecule has 0 spiro atoms. The Bertz CT molecular complexity index is 754. The van der Waals surface area contributed by atoms with Gasteiger partial charge in [-0.1, -0.05) is 101 Å². The lowest BCUT2D eigenvalue weighted by atomic mass is 9.94. The molecule has 0 fully saturated rings. The molecule has 2 heteroatoms. The maximum absolute atomic E-state index is 6.45. The third kappa shape index (κ3) is 6.71. The van der Waals surface area contributed by atoms with Gasteiger partial charge in [-0.25, -0.2) is 0 Å². The fourth-order valence-electron chi connectivity index (χ4n) is 2.92. The molecule has 2 aromatic carbocycles. The summed E-state index contributed by atoms with van der Waals surface area (Å²) >= 11 is 5.45. The van der Waals surface area contributed by atoms with Gasteiger partial charge in [0.05, 0.1) is 0 Å². The van der Waals surface area contributed by atoms with Gasteiger partial charge in [-0.05, 0) is 51.8 Å². The molecule has 1 nitrogen and oxygen atoms in total. The highest BCUT2D eigenvalue weighted by atomic mass is 32.1. The van der Waals surface area contributed by atoms with Gasteiger partial charge < -0.3 is 5.73 Å². The van der Waals surface area contributed by atoms with Crippen LogP contribution in [0.1, 0.15) is 56.0 Å². The van der Waals surface area contributed by atoms with Crippen LogP contribution in [0.15, 0.2) is 60.7 Å². The Hall–Kier alpha value is -1.77. The topological polar surface area (TPSA) is 26.0 Å². The quantitative estimate of drug-likeness (QED) is 0.411. The molecule has 0 saturated heterocycles. The van der Waals surface area contributed by atoms with E-state index < -0.39 is 0 Å². The van der Waals surface area contributed by atoms with Crippen molar-refractivity contribution in [1.29, 1.82) is 0 Å². The largest absolute Gasteiger partial charge is 0.324 e. The van der Waals surface area contributed by atoms with Gasteiger partial charge in [-0.3, -0.25) is 0 Å². The van der Waals surface area contributed by atoms with E-state index in [-0.39, 0.29) is 6.04 Å². The molecule has 27 heavy (non-hydrogen) atoms. The molecule has 0 amide bonds. The second-order valence-electron chi connectivity index (χ2n) is 8.16. The molecule has 1 atom stereocenters. The lowest BCUT2D eigenvalue weighted by Crippen LogP contribution is -2.13. The molecular weight excluding hydrogens is 346 g/mol. The number of allylic oxidation sites excluding steroid dienone is 1. The summed E-state index contributed by atoms with van der Waals surface area (Å²) in [7, 11) is 0. The molecule has 144 valence electrons. The van der Waals surface area contributed by atoms with Gasteiger partial charge in [0.15, 0.2) is 0 Å². The minimum absolute atomic E-state index is 0.00920. The van der Waals surface area contributed by atoms with E-state index >= 15 is 0 Å². The standard InChI is InChI=1S/C25H33NS/c1-17(2)19(5)14-20-10-12-23(13-11-20)24(26)15-21-6-8-22(9-7-21)16-25(27)18(3)4/h6-13,17-18,24H,5,14-16,26H2,1-4H3. The maximum Gasteiger partial charge on any atom is 0.0335 e. The summed E-state index contributed by atoms with van der Waals surface area (Å²) in [6.07, 6.45) is 2.66. The van der Waals surface area contributed by atoms with Crippen LogP contribution in [0, 0.1) is 11.8 Å². The molecule has 0 saturated carbocycles. The Morgan fingerprint density at radius 2 is 1.30 bits per heavy atom. The smallest absolute Gasteiger partial charge is 0.0335 e. The van der Waals surface area contributed by atoms with Crippen molar-refractivity contribution in [2.45, 2.75) is 53.0 Å². The van der Waals surface area contributed by atoms with Crippen LogP contribution >= 0.6 is 12.2 Å². The molecular formula is C25H33NS. The maximum atomic E-state index is 6.45. The number of rotatable bonds is 9. The monoisotopic (exact) mass is 379 g/mol. The minimum Gasteiger partial charge on any atom is -0.324 e. The molecule has 0 aromatic heterocycles. The van der Waals surface area contributed by atoms with Crippen molar-refractivity contribution in [2.75, 3.05) is 0 Å². The SMILES string of the molecule is C=C(Cc1ccc(C(N)Cc2ccc(CC(=S)C(C)C)cc2)cc1)C(C)C. The highest BCUT2D eigenvalue weighted by Crippen LogP contribution is 2.20. The van der Waals surface area contributed by atoms with Crippen molar-refractivity contribution < 1.29 is 0 Å². The van der Waals surface area contributed by atoms with E-state index in [0.29, 0.717) is 11.8 Å². The Kier molecular flexibility index (Phi) is 7.94. The molecule has 2 aromatic rings. The highest BCUT2D eigenvalue weighted by Gasteiger charge is 2.09. The second kappa shape index (κ2) is 9.96.